The first-order valence-electron chi connectivity index (χ1n) is 5.68. The summed E-state index contributed by atoms with van der Waals surface area (Å²) < 4.78 is 5.55. The van der Waals surface area contributed by atoms with Crippen molar-refractivity contribution in [1.82, 2.24) is 10.2 Å². The van der Waals surface area contributed by atoms with Gasteiger partial charge < -0.3 is 10.5 Å². The molecular formula is C13H15N3O2. The van der Waals surface area contributed by atoms with Crippen molar-refractivity contribution in [3.05, 3.63) is 41.6 Å². The third-order valence-electron chi connectivity index (χ3n) is 2.38. The van der Waals surface area contributed by atoms with E-state index in [1.54, 1.807) is 18.2 Å². The molecule has 0 unspecified atom stereocenters. The highest BCUT2D eigenvalue weighted by molar-refractivity contribution is 6.11. The van der Waals surface area contributed by atoms with Gasteiger partial charge in [-0.15, -0.1) is 0 Å². The Labute approximate surface area is 105 Å². The summed E-state index contributed by atoms with van der Waals surface area (Å²) in [6, 6.07) is 7.02. The van der Waals surface area contributed by atoms with Crippen LogP contribution in [0.1, 0.15) is 29.8 Å². The van der Waals surface area contributed by atoms with E-state index in [2.05, 4.69) is 10.2 Å². The first-order valence-corrected chi connectivity index (χ1v) is 5.68. The number of hydrogen-bond donors (Lipinski definition) is 2. The van der Waals surface area contributed by atoms with Gasteiger partial charge in [-0.1, -0.05) is 12.1 Å². The van der Waals surface area contributed by atoms with E-state index in [-0.39, 0.29) is 17.7 Å². The molecule has 0 radical (unpaired) electrons. The molecule has 0 aliphatic rings. The van der Waals surface area contributed by atoms with Gasteiger partial charge >= 0.3 is 0 Å². The van der Waals surface area contributed by atoms with Crippen LogP contribution in [0.5, 0.6) is 5.75 Å². The van der Waals surface area contributed by atoms with Crippen LogP contribution in [-0.4, -0.2) is 22.1 Å². The summed E-state index contributed by atoms with van der Waals surface area (Å²) >= 11 is 0. The molecule has 0 aliphatic carbocycles. The Morgan fingerprint density at radius 1 is 1.44 bits per heavy atom. The molecule has 2 aromatic rings. The fraction of sp³-hybridized carbons (Fsp3) is 0.231. The Morgan fingerprint density at radius 2 is 2.22 bits per heavy atom. The van der Waals surface area contributed by atoms with E-state index in [1.807, 2.05) is 19.9 Å². The maximum absolute atomic E-state index is 12.2. The second-order valence-corrected chi connectivity index (χ2v) is 4.22. The fourth-order valence-electron chi connectivity index (χ4n) is 1.62. The molecule has 2 rings (SSSR count). The number of anilines is 1. The van der Waals surface area contributed by atoms with Gasteiger partial charge in [-0.2, -0.15) is 5.10 Å². The molecule has 1 aromatic carbocycles. The summed E-state index contributed by atoms with van der Waals surface area (Å²) in [5, 5.41) is 6.28. The van der Waals surface area contributed by atoms with Crippen LogP contribution in [-0.2, 0) is 0 Å². The van der Waals surface area contributed by atoms with Crippen molar-refractivity contribution in [2.45, 2.75) is 20.0 Å². The third-order valence-corrected chi connectivity index (χ3v) is 2.38. The largest absolute Gasteiger partial charge is 0.491 e. The molecule has 94 valence electrons. The summed E-state index contributed by atoms with van der Waals surface area (Å²) in [6.07, 6.45) is 1.49. The van der Waals surface area contributed by atoms with Gasteiger partial charge in [0.15, 0.2) is 5.78 Å². The van der Waals surface area contributed by atoms with Crippen molar-refractivity contribution < 1.29 is 9.53 Å². The highest BCUT2D eigenvalue weighted by atomic mass is 16.5. The van der Waals surface area contributed by atoms with E-state index in [0.29, 0.717) is 16.9 Å². The lowest BCUT2D eigenvalue weighted by Crippen LogP contribution is -2.07. The maximum atomic E-state index is 12.2. The number of nitrogens with two attached hydrogens (primary N) is 1. The number of benzene rings is 1. The number of H-pyrrole nitrogens is 1. The quantitative estimate of drug-likeness (QED) is 0.807. The van der Waals surface area contributed by atoms with E-state index in [4.69, 9.17) is 10.5 Å². The average molecular weight is 245 g/mol. The Morgan fingerprint density at radius 3 is 2.83 bits per heavy atom. The van der Waals surface area contributed by atoms with Gasteiger partial charge in [-0.3, -0.25) is 9.89 Å². The van der Waals surface area contributed by atoms with Crippen LogP contribution in [0.3, 0.4) is 0 Å². The smallest absolute Gasteiger partial charge is 0.198 e. The number of rotatable bonds is 4. The standard InChI is InChI=1S/C13H15N3O2/c1-8(2)18-10-5-3-4-9(6-10)12(17)11-7-15-16-13(11)14/h3-8H,1-2H3,(H3,14,15,16). The molecule has 0 atom stereocenters. The Bertz CT molecular complexity index is 561. The summed E-state index contributed by atoms with van der Waals surface area (Å²) in [5.41, 5.74) is 6.53. The molecule has 1 heterocycles. The predicted octanol–water partition coefficient (Wildman–Crippen LogP) is 2.01. The number of ketones is 1. The zero-order valence-corrected chi connectivity index (χ0v) is 10.3. The number of ether oxygens (including phenoxy) is 1. The lowest BCUT2D eigenvalue weighted by Gasteiger charge is -2.10. The van der Waals surface area contributed by atoms with Crippen LogP contribution in [0.15, 0.2) is 30.5 Å². The van der Waals surface area contributed by atoms with Crippen LogP contribution < -0.4 is 10.5 Å². The first-order chi connectivity index (χ1) is 8.58. The van der Waals surface area contributed by atoms with Crippen LogP contribution in [0.25, 0.3) is 0 Å². The number of aromatic nitrogens is 2. The topological polar surface area (TPSA) is 81.0 Å². The van der Waals surface area contributed by atoms with E-state index in [1.165, 1.54) is 6.20 Å². The summed E-state index contributed by atoms with van der Waals surface area (Å²) in [6.45, 7) is 3.87. The first kappa shape index (κ1) is 12.2. The van der Waals surface area contributed by atoms with Gasteiger partial charge in [0.25, 0.3) is 0 Å². The summed E-state index contributed by atoms with van der Waals surface area (Å²) in [5.74, 6) is 0.767. The molecule has 0 amide bonds. The predicted molar refractivity (Wildman–Crippen MR) is 68.6 cm³/mol. The molecule has 0 fully saturated rings. The zero-order chi connectivity index (χ0) is 13.1. The minimum atomic E-state index is -0.171. The average Bonchev–Trinajstić information content (AvgIpc) is 2.74. The van der Waals surface area contributed by atoms with Crippen molar-refractivity contribution in [1.29, 1.82) is 0 Å². The third kappa shape index (κ3) is 2.51. The molecular weight excluding hydrogens is 230 g/mol. The summed E-state index contributed by atoms with van der Waals surface area (Å²) in [4.78, 5) is 12.2. The number of nitrogen functional groups attached to an aromatic ring is 1. The monoisotopic (exact) mass is 245 g/mol. The highest BCUT2D eigenvalue weighted by Gasteiger charge is 2.14. The minimum Gasteiger partial charge on any atom is -0.491 e. The second-order valence-electron chi connectivity index (χ2n) is 4.22. The maximum Gasteiger partial charge on any atom is 0.198 e. The van der Waals surface area contributed by atoms with Crippen LogP contribution in [0.2, 0.25) is 0 Å². The zero-order valence-electron chi connectivity index (χ0n) is 10.3. The van der Waals surface area contributed by atoms with Crippen molar-refractivity contribution in [2.75, 3.05) is 5.73 Å². The van der Waals surface area contributed by atoms with E-state index in [9.17, 15) is 4.79 Å². The highest BCUT2D eigenvalue weighted by Crippen LogP contribution is 2.19. The minimum absolute atomic E-state index is 0.0642. The Balaban J connectivity index is 2.29. The lowest BCUT2D eigenvalue weighted by molar-refractivity contribution is 0.103. The van der Waals surface area contributed by atoms with Crippen LogP contribution in [0, 0.1) is 0 Å². The molecule has 0 bridgehead atoms. The van der Waals surface area contributed by atoms with Gasteiger partial charge in [0.1, 0.15) is 11.6 Å². The molecule has 18 heavy (non-hydrogen) atoms. The molecule has 1 aromatic heterocycles. The molecule has 0 saturated heterocycles. The van der Waals surface area contributed by atoms with Crippen LogP contribution in [0.4, 0.5) is 5.82 Å². The molecule has 5 nitrogen and oxygen atoms in total. The second kappa shape index (κ2) is 4.91. The Kier molecular flexibility index (Phi) is 3.32. The van der Waals surface area contributed by atoms with Gasteiger partial charge in [0.05, 0.1) is 17.9 Å². The Hall–Kier alpha value is -2.30. The number of aromatic amines is 1. The number of nitrogens with zero attached hydrogens (tertiary/aromatic N) is 1. The van der Waals surface area contributed by atoms with Crippen molar-refractivity contribution >= 4 is 11.6 Å². The van der Waals surface area contributed by atoms with E-state index in [0.717, 1.165) is 0 Å². The SMILES string of the molecule is CC(C)Oc1cccc(C(=O)c2cn[nH]c2N)c1. The molecule has 5 heteroatoms. The molecule has 0 spiro atoms. The van der Waals surface area contributed by atoms with Gasteiger partial charge in [-0.05, 0) is 26.0 Å². The number of carbonyl (C=O) groups excluding carboxylic acids is 1. The molecule has 0 saturated carbocycles. The van der Waals surface area contributed by atoms with Crippen molar-refractivity contribution in [3.8, 4) is 5.75 Å². The summed E-state index contributed by atoms with van der Waals surface area (Å²) in [7, 11) is 0. The number of hydrogen-bond acceptors (Lipinski definition) is 4. The normalized spacial score (nSPS) is 10.6. The molecule has 3 N–H and O–H groups in total. The number of nitrogens with one attached hydrogen (secondary N) is 1. The van der Waals surface area contributed by atoms with Crippen molar-refractivity contribution in [2.24, 2.45) is 0 Å². The fourth-order valence-corrected chi connectivity index (χ4v) is 1.62. The van der Waals surface area contributed by atoms with Crippen molar-refractivity contribution in [3.63, 3.8) is 0 Å². The van der Waals surface area contributed by atoms with Gasteiger partial charge in [0.2, 0.25) is 0 Å². The van der Waals surface area contributed by atoms with E-state index >= 15 is 0 Å². The lowest BCUT2D eigenvalue weighted by atomic mass is 10.1. The van der Waals surface area contributed by atoms with Crippen LogP contribution >= 0.6 is 0 Å². The van der Waals surface area contributed by atoms with E-state index < -0.39 is 0 Å². The number of carbonyl (C=O) groups is 1. The van der Waals surface area contributed by atoms with Gasteiger partial charge in [0, 0.05) is 5.56 Å². The van der Waals surface area contributed by atoms with Gasteiger partial charge in [-0.25, -0.2) is 0 Å². The molecule has 0 aliphatic heterocycles.